The van der Waals surface area contributed by atoms with Crippen LogP contribution in [0.25, 0.3) is 0 Å². The molecule has 0 spiro atoms. The third-order valence-corrected chi connectivity index (χ3v) is 3.81. The van der Waals surface area contributed by atoms with Gasteiger partial charge in [-0.05, 0) is 24.0 Å². The molecule has 2 N–H and O–H groups in total. The summed E-state index contributed by atoms with van der Waals surface area (Å²) >= 11 is 0. The Morgan fingerprint density at radius 3 is 2.17 bits per heavy atom. The molecule has 0 heterocycles. The Balaban J connectivity index is 0.00000484. The normalized spacial score (nSPS) is 11.3. The van der Waals surface area contributed by atoms with Gasteiger partial charge in [0.1, 0.15) is 0 Å². The Kier molecular flexibility index (Phi) is 13.1. The summed E-state index contributed by atoms with van der Waals surface area (Å²) < 4.78 is 5.13. The molecule has 0 aliphatic heterocycles. The summed E-state index contributed by atoms with van der Waals surface area (Å²) in [4.78, 5) is 4.66. The van der Waals surface area contributed by atoms with E-state index in [9.17, 15) is 0 Å². The van der Waals surface area contributed by atoms with E-state index in [0.29, 0.717) is 19.1 Å². The maximum atomic E-state index is 5.13. The molecule has 1 aromatic rings. The number of methoxy groups -OCH3 is 1. The first-order valence-electron chi connectivity index (χ1n) is 8.32. The lowest BCUT2D eigenvalue weighted by molar-refractivity contribution is 0.185. The van der Waals surface area contributed by atoms with Gasteiger partial charge in [-0.1, -0.05) is 51.0 Å². The van der Waals surface area contributed by atoms with Crippen LogP contribution in [0.5, 0.6) is 0 Å². The highest BCUT2D eigenvalue weighted by atomic mass is 127. The average Bonchev–Trinajstić information content (AvgIpc) is 2.55. The Morgan fingerprint density at radius 1 is 1.04 bits per heavy atom. The van der Waals surface area contributed by atoms with E-state index in [-0.39, 0.29) is 24.0 Å². The summed E-state index contributed by atoms with van der Waals surface area (Å²) in [5, 5.41) is 6.75. The molecule has 1 rings (SSSR count). The molecular formula is C18H32IN3O. The summed E-state index contributed by atoms with van der Waals surface area (Å²) in [7, 11) is 1.71. The van der Waals surface area contributed by atoms with Crippen LogP contribution in [0, 0.1) is 5.92 Å². The number of guanidine groups is 1. The van der Waals surface area contributed by atoms with Crippen LogP contribution >= 0.6 is 24.0 Å². The lowest BCUT2D eigenvalue weighted by atomic mass is 10.0. The van der Waals surface area contributed by atoms with Gasteiger partial charge in [0.25, 0.3) is 0 Å². The van der Waals surface area contributed by atoms with Crippen molar-refractivity contribution in [3.63, 3.8) is 0 Å². The molecule has 0 fully saturated rings. The Labute approximate surface area is 158 Å². The zero-order valence-corrected chi connectivity index (χ0v) is 17.2. The van der Waals surface area contributed by atoms with Gasteiger partial charge >= 0.3 is 0 Å². The highest BCUT2D eigenvalue weighted by molar-refractivity contribution is 14.0. The molecule has 1 aromatic carbocycles. The van der Waals surface area contributed by atoms with E-state index in [1.807, 2.05) is 0 Å². The topological polar surface area (TPSA) is 45.7 Å². The molecule has 0 bridgehead atoms. The fourth-order valence-corrected chi connectivity index (χ4v) is 2.24. The van der Waals surface area contributed by atoms with Gasteiger partial charge in [0.15, 0.2) is 5.96 Å². The van der Waals surface area contributed by atoms with Crippen LogP contribution in [0.1, 0.15) is 44.7 Å². The quantitative estimate of drug-likeness (QED) is 0.352. The second-order valence-corrected chi connectivity index (χ2v) is 5.51. The van der Waals surface area contributed by atoms with E-state index in [4.69, 9.17) is 4.74 Å². The van der Waals surface area contributed by atoms with Crippen molar-refractivity contribution in [2.24, 2.45) is 10.9 Å². The lowest BCUT2D eigenvalue weighted by Crippen LogP contribution is -2.39. The molecular weight excluding hydrogens is 401 g/mol. The molecule has 0 unspecified atom stereocenters. The molecule has 0 radical (unpaired) electrons. The van der Waals surface area contributed by atoms with Gasteiger partial charge in [0, 0.05) is 20.2 Å². The Bertz CT molecular complexity index is 430. The summed E-state index contributed by atoms with van der Waals surface area (Å²) in [6.45, 7) is 9.76. The number of nitrogens with zero attached hydrogens (tertiary/aromatic N) is 1. The van der Waals surface area contributed by atoms with Crippen molar-refractivity contribution in [2.45, 2.75) is 46.8 Å². The number of rotatable bonds is 9. The van der Waals surface area contributed by atoms with Crippen LogP contribution < -0.4 is 10.6 Å². The third kappa shape index (κ3) is 9.15. The SMILES string of the molecule is CCNC(=NCc1ccc(COC)cc1)NCC(CC)CC.I. The average molecular weight is 433 g/mol. The minimum absolute atomic E-state index is 0. The van der Waals surface area contributed by atoms with Gasteiger partial charge in [0.2, 0.25) is 0 Å². The summed E-state index contributed by atoms with van der Waals surface area (Å²) in [6, 6.07) is 8.42. The van der Waals surface area contributed by atoms with Crippen molar-refractivity contribution in [1.29, 1.82) is 0 Å². The molecule has 0 aliphatic carbocycles. The third-order valence-electron chi connectivity index (χ3n) is 3.81. The lowest BCUT2D eigenvalue weighted by Gasteiger charge is -2.16. The van der Waals surface area contributed by atoms with Gasteiger partial charge in [-0.25, -0.2) is 4.99 Å². The summed E-state index contributed by atoms with van der Waals surface area (Å²) in [5.41, 5.74) is 2.40. The highest BCUT2D eigenvalue weighted by Crippen LogP contribution is 2.07. The van der Waals surface area contributed by atoms with Crippen molar-refractivity contribution < 1.29 is 4.74 Å². The number of nitrogens with one attached hydrogen (secondary N) is 2. The number of benzene rings is 1. The molecule has 4 nitrogen and oxygen atoms in total. The van der Waals surface area contributed by atoms with Crippen molar-refractivity contribution in [1.82, 2.24) is 10.6 Å². The van der Waals surface area contributed by atoms with Crippen LogP contribution in [0.2, 0.25) is 0 Å². The molecule has 23 heavy (non-hydrogen) atoms. The Hall–Kier alpha value is -0.820. The van der Waals surface area contributed by atoms with E-state index in [0.717, 1.165) is 19.0 Å². The first-order chi connectivity index (χ1) is 10.7. The number of ether oxygens (including phenoxy) is 1. The standard InChI is InChI=1S/C18H31N3O.HI/c1-5-15(6-2)12-20-18(19-7-3)21-13-16-8-10-17(11-9-16)14-22-4;/h8-11,15H,5-7,12-14H2,1-4H3,(H2,19,20,21);1H. The van der Waals surface area contributed by atoms with Gasteiger partial charge in [-0.15, -0.1) is 24.0 Å². The molecule has 0 aromatic heterocycles. The van der Waals surface area contributed by atoms with Crippen molar-refractivity contribution >= 4 is 29.9 Å². The van der Waals surface area contributed by atoms with E-state index in [1.54, 1.807) is 7.11 Å². The largest absolute Gasteiger partial charge is 0.380 e. The first kappa shape index (κ1) is 22.2. The number of hydrogen-bond donors (Lipinski definition) is 2. The van der Waals surface area contributed by atoms with Crippen molar-refractivity contribution in [3.8, 4) is 0 Å². The van der Waals surface area contributed by atoms with Crippen LogP contribution in [-0.2, 0) is 17.9 Å². The zero-order chi connectivity index (χ0) is 16.2. The van der Waals surface area contributed by atoms with Gasteiger partial charge in [-0.3, -0.25) is 0 Å². The zero-order valence-electron chi connectivity index (χ0n) is 14.9. The monoisotopic (exact) mass is 433 g/mol. The molecule has 0 amide bonds. The summed E-state index contributed by atoms with van der Waals surface area (Å²) in [5.74, 6) is 1.60. The van der Waals surface area contributed by atoms with Crippen LogP contribution in [0.15, 0.2) is 29.3 Å². The predicted molar refractivity (Wildman–Crippen MR) is 109 cm³/mol. The second-order valence-electron chi connectivity index (χ2n) is 5.51. The van der Waals surface area contributed by atoms with E-state index in [1.165, 1.54) is 24.0 Å². The fraction of sp³-hybridized carbons (Fsp3) is 0.611. The molecule has 0 atom stereocenters. The van der Waals surface area contributed by atoms with Crippen LogP contribution in [-0.4, -0.2) is 26.2 Å². The smallest absolute Gasteiger partial charge is 0.191 e. The van der Waals surface area contributed by atoms with Gasteiger partial charge in [0.05, 0.1) is 13.2 Å². The van der Waals surface area contributed by atoms with Gasteiger partial charge < -0.3 is 15.4 Å². The predicted octanol–water partition coefficient (Wildman–Crippen LogP) is 3.94. The van der Waals surface area contributed by atoms with Crippen molar-refractivity contribution in [3.05, 3.63) is 35.4 Å². The fourth-order valence-electron chi connectivity index (χ4n) is 2.24. The second kappa shape index (κ2) is 13.6. The number of aliphatic imine (C=N–C) groups is 1. The van der Waals surface area contributed by atoms with Crippen LogP contribution in [0.4, 0.5) is 0 Å². The maximum Gasteiger partial charge on any atom is 0.191 e. The van der Waals surface area contributed by atoms with E-state index in [2.05, 4.69) is 60.7 Å². The van der Waals surface area contributed by atoms with E-state index >= 15 is 0 Å². The molecule has 0 saturated carbocycles. The summed E-state index contributed by atoms with van der Waals surface area (Å²) in [6.07, 6.45) is 2.40. The molecule has 0 aliphatic rings. The molecule has 132 valence electrons. The van der Waals surface area contributed by atoms with Gasteiger partial charge in [-0.2, -0.15) is 0 Å². The molecule has 5 heteroatoms. The maximum absolute atomic E-state index is 5.13. The Morgan fingerprint density at radius 2 is 1.65 bits per heavy atom. The van der Waals surface area contributed by atoms with Crippen molar-refractivity contribution in [2.75, 3.05) is 20.2 Å². The number of halogens is 1. The molecule has 0 saturated heterocycles. The van der Waals surface area contributed by atoms with Crippen LogP contribution in [0.3, 0.4) is 0 Å². The van der Waals surface area contributed by atoms with E-state index < -0.39 is 0 Å². The first-order valence-corrected chi connectivity index (χ1v) is 8.32. The minimum Gasteiger partial charge on any atom is -0.380 e. The minimum atomic E-state index is 0. The number of hydrogen-bond acceptors (Lipinski definition) is 2. The highest BCUT2D eigenvalue weighted by Gasteiger charge is 2.04.